The third kappa shape index (κ3) is 2.97. The lowest BCUT2D eigenvalue weighted by Gasteiger charge is -2.07. The first-order valence-corrected chi connectivity index (χ1v) is 7.20. The fourth-order valence-corrected chi connectivity index (χ4v) is 3.11. The van der Waals surface area contributed by atoms with Crippen LogP contribution < -0.4 is 10.9 Å². The first-order chi connectivity index (χ1) is 8.47. The molecule has 2 rings (SSSR count). The number of rotatable bonds is 3. The van der Waals surface area contributed by atoms with Crippen molar-refractivity contribution in [3.05, 3.63) is 36.7 Å². The summed E-state index contributed by atoms with van der Waals surface area (Å²) in [5, 5.41) is 5.58. The van der Waals surface area contributed by atoms with E-state index in [1.54, 1.807) is 30.6 Å². The van der Waals surface area contributed by atoms with E-state index >= 15 is 0 Å². The molecule has 1 aromatic carbocycles. The standard InChI is InChI=1S/C10H10N4O2S2/c11-7-2-3-8(9(6-7)18(12,15)16)17-10-13-4-1-5-14-10/h1-6H,11H2,(H2,12,15,16). The second-order valence-electron chi connectivity index (χ2n) is 3.38. The monoisotopic (exact) mass is 282 g/mol. The first-order valence-electron chi connectivity index (χ1n) is 4.84. The van der Waals surface area contributed by atoms with E-state index in [4.69, 9.17) is 10.9 Å². The molecule has 0 aliphatic heterocycles. The van der Waals surface area contributed by atoms with Crippen molar-refractivity contribution in [1.29, 1.82) is 0 Å². The van der Waals surface area contributed by atoms with Gasteiger partial charge in [0, 0.05) is 23.0 Å². The van der Waals surface area contributed by atoms with Gasteiger partial charge in [0.25, 0.3) is 0 Å². The van der Waals surface area contributed by atoms with Crippen molar-refractivity contribution in [3.63, 3.8) is 0 Å². The largest absolute Gasteiger partial charge is 0.399 e. The Hall–Kier alpha value is -1.64. The number of hydrogen-bond acceptors (Lipinski definition) is 6. The van der Waals surface area contributed by atoms with Gasteiger partial charge in [0.05, 0.1) is 4.90 Å². The maximum Gasteiger partial charge on any atom is 0.239 e. The number of nitrogens with zero attached hydrogens (tertiary/aromatic N) is 2. The van der Waals surface area contributed by atoms with Crippen LogP contribution in [0.15, 0.2) is 51.6 Å². The predicted octanol–water partition coefficient (Wildman–Crippen LogP) is 0.857. The Labute approximate surface area is 108 Å². The topological polar surface area (TPSA) is 112 Å². The summed E-state index contributed by atoms with van der Waals surface area (Å²) in [7, 11) is -3.83. The molecule has 1 aromatic heterocycles. The van der Waals surface area contributed by atoms with Crippen molar-refractivity contribution in [2.45, 2.75) is 14.9 Å². The maximum absolute atomic E-state index is 11.5. The lowest BCUT2D eigenvalue weighted by Crippen LogP contribution is -2.13. The number of benzene rings is 1. The van der Waals surface area contributed by atoms with Crippen molar-refractivity contribution in [2.75, 3.05) is 5.73 Å². The van der Waals surface area contributed by atoms with E-state index in [1.165, 1.54) is 6.07 Å². The van der Waals surface area contributed by atoms with Gasteiger partial charge in [-0.2, -0.15) is 0 Å². The molecule has 0 amide bonds. The van der Waals surface area contributed by atoms with Crippen LogP contribution in [-0.4, -0.2) is 18.4 Å². The molecule has 0 unspecified atom stereocenters. The van der Waals surface area contributed by atoms with Crippen LogP contribution in [0.4, 0.5) is 5.69 Å². The lowest BCUT2D eigenvalue weighted by molar-refractivity contribution is 0.596. The number of anilines is 1. The summed E-state index contributed by atoms with van der Waals surface area (Å²) in [6.07, 6.45) is 3.15. The second-order valence-corrected chi connectivity index (χ2v) is 5.92. The Balaban J connectivity index is 2.46. The Kier molecular flexibility index (Phi) is 3.50. The number of nitrogens with two attached hydrogens (primary N) is 2. The smallest absolute Gasteiger partial charge is 0.239 e. The number of sulfonamides is 1. The molecule has 4 N–H and O–H groups in total. The van der Waals surface area contributed by atoms with E-state index in [0.717, 1.165) is 11.8 Å². The molecule has 18 heavy (non-hydrogen) atoms. The minimum absolute atomic E-state index is 0.0278. The van der Waals surface area contributed by atoms with Crippen molar-refractivity contribution in [2.24, 2.45) is 5.14 Å². The number of primary sulfonamides is 1. The molecule has 0 fully saturated rings. The highest BCUT2D eigenvalue weighted by Crippen LogP contribution is 2.31. The molecule has 1 heterocycles. The average molecular weight is 282 g/mol. The fourth-order valence-electron chi connectivity index (χ4n) is 1.27. The summed E-state index contributed by atoms with van der Waals surface area (Å²) in [6.45, 7) is 0. The minimum atomic E-state index is -3.83. The highest BCUT2D eigenvalue weighted by molar-refractivity contribution is 8.00. The number of nitrogen functional groups attached to an aromatic ring is 1. The van der Waals surface area contributed by atoms with Crippen LogP contribution in [0, 0.1) is 0 Å². The summed E-state index contributed by atoms with van der Waals surface area (Å²) >= 11 is 1.11. The van der Waals surface area contributed by atoms with Crippen LogP contribution in [-0.2, 0) is 10.0 Å². The van der Waals surface area contributed by atoms with Crippen LogP contribution in [0.5, 0.6) is 0 Å². The summed E-state index contributed by atoms with van der Waals surface area (Å²) < 4.78 is 22.9. The predicted molar refractivity (Wildman–Crippen MR) is 68.4 cm³/mol. The lowest BCUT2D eigenvalue weighted by atomic mass is 10.3. The van der Waals surface area contributed by atoms with E-state index in [-0.39, 0.29) is 4.90 Å². The number of aromatic nitrogens is 2. The summed E-state index contributed by atoms with van der Waals surface area (Å²) in [6, 6.07) is 6.17. The van der Waals surface area contributed by atoms with Crippen molar-refractivity contribution in [3.8, 4) is 0 Å². The van der Waals surface area contributed by atoms with E-state index in [9.17, 15) is 8.42 Å². The highest BCUT2D eigenvalue weighted by atomic mass is 32.2. The molecule has 0 radical (unpaired) electrons. The van der Waals surface area contributed by atoms with Crippen LogP contribution in [0.1, 0.15) is 0 Å². The third-order valence-electron chi connectivity index (χ3n) is 2.02. The van der Waals surface area contributed by atoms with Crippen LogP contribution in [0.25, 0.3) is 0 Å². The Bertz CT molecular complexity index is 659. The molecule has 0 spiro atoms. The quantitative estimate of drug-likeness (QED) is 0.637. The van der Waals surface area contributed by atoms with Gasteiger partial charge >= 0.3 is 0 Å². The zero-order valence-corrected chi connectivity index (χ0v) is 10.8. The summed E-state index contributed by atoms with van der Waals surface area (Å²) in [5.41, 5.74) is 5.89. The summed E-state index contributed by atoms with van der Waals surface area (Å²) in [5.74, 6) is 0. The molecule has 0 aliphatic carbocycles. The van der Waals surface area contributed by atoms with Gasteiger partial charge in [0.1, 0.15) is 0 Å². The average Bonchev–Trinajstić information content (AvgIpc) is 2.31. The van der Waals surface area contributed by atoms with Crippen molar-refractivity contribution in [1.82, 2.24) is 9.97 Å². The zero-order valence-electron chi connectivity index (χ0n) is 9.15. The first kappa shape index (κ1) is 12.8. The second kappa shape index (κ2) is 4.92. The highest BCUT2D eigenvalue weighted by Gasteiger charge is 2.16. The summed E-state index contributed by atoms with van der Waals surface area (Å²) in [4.78, 5) is 8.42. The van der Waals surface area contributed by atoms with Gasteiger partial charge in [-0.05, 0) is 36.0 Å². The van der Waals surface area contributed by atoms with Gasteiger partial charge in [0.15, 0.2) is 5.16 Å². The van der Waals surface area contributed by atoms with E-state index < -0.39 is 10.0 Å². The molecule has 0 aliphatic rings. The van der Waals surface area contributed by atoms with Gasteiger partial charge in [-0.15, -0.1) is 0 Å². The van der Waals surface area contributed by atoms with Crippen LogP contribution in [0.2, 0.25) is 0 Å². The van der Waals surface area contributed by atoms with Crippen molar-refractivity contribution < 1.29 is 8.42 Å². The molecule has 2 aromatic rings. The van der Waals surface area contributed by atoms with Crippen LogP contribution in [0.3, 0.4) is 0 Å². The maximum atomic E-state index is 11.5. The molecular formula is C10H10N4O2S2. The zero-order chi connectivity index (χ0) is 13.2. The Morgan fingerprint density at radius 2 is 1.83 bits per heavy atom. The van der Waals surface area contributed by atoms with Gasteiger partial charge in [-0.3, -0.25) is 0 Å². The normalized spacial score (nSPS) is 11.4. The fraction of sp³-hybridized carbons (Fsp3) is 0. The minimum Gasteiger partial charge on any atom is -0.399 e. The molecule has 0 atom stereocenters. The molecule has 0 saturated heterocycles. The van der Waals surface area contributed by atoms with Gasteiger partial charge in [-0.25, -0.2) is 23.5 Å². The van der Waals surface area contributed by atoms with E-state index in [2.05, 4.69) is 9.97 Å². The Morgan fingerprint density at radius 1 is 1.17 bits per heavy atom. The van der Waals surface area contributed by atoms with E-state index in [0.29, 0.717) is 15.7 Å². The molecule has 8 heteroatoms. The third-order valence-corrected chi connectivity index (χ3v) is 4.07. The van der Waals surface area contributed by atoms with Gasteiger partial charge in [0.2, 0.25) is 10.0 Å². The van der Waals surface area contributed by atoms with E-state index in [1.807, 2.05) is 0 Å². The molecule has 6 nitrogen and oxygen atoms in total. The molecule has 0 saturated carbocycles. The SMILES string of the molecule is Nc1ccc(Sc2ncccn2)c(S(N)(=O)=O)c1. The van der Waals surface area contributed by atoms with Crippen molar-refractivity contribution >= 4 is 27.5 Å². The van der Waals surface area contributed by atoms with Gasteiger partial charge in [-0.1, -0.05) is 0 Å². The number of hydrogen-bond donors (Lipinski definition) is 2. The van der Waals surface area contributed by atoms with Crippen LogP contribution >= 0.6 is 11.8 Å². The molecule has 94 valence electrons. The van der Waals surface area contributed by atoms with Gasteiger partial charge < -0.3 is 5.73 Å². The molecular weight excluding hydrogens is 272 g/mol. The Morgan fingerprint density at radius 3 is 2.44 bits per heavy atom. The molecule has 0 bridgehead atoms.